The molecule has 3 aliphatic carbocycles. The summed E-state index contributed by atoms with van der Waals surface area (Å²) in [6.07, 6.45) is -8.31. The lowest BCUT2D eigenvalue weighted by Gasteiger charge is -2.67. The number of nitrogens with zero attached hydrogens (tertiary/aromatic N) is 2. The van der Waals surface area contributed by atoms with Crippen molar-refractivity contribution >= 4 is 35.7 Å². The number of fused-ring (bicyclic) bond motifs is 5. The molecule has 4 heterocycles. The van der Waals surface area contributed by atoms with Crippen LogP contribution in [0.15, 0.2) is 87.1 Å². The Morgan fingerprint density at radius 1 is 0.926 bits per heavy atom. The predicted molar refractivity (Wildman–Crippen MR) is 235 cm³/mol. The van der Waals surface area contributed by atoms with Gasteiger partial charge >= 0.3 is 24.0 Å². The van der Waals surface area contributed by atoms with E-state index >= 15 is 4.79 Å². The number of carbonyl (C=O) groups is 6. The topological polar surface area (TPSA) is 254 Å². The minimum atomic E-state index is -2.44. The van der Waals surface area contributed by atoms with Crippen LogP contribution in [0.25, 0.3) is 0 Å². The number of esters is 3. The average Bonchev–Trinajstić information content (AvgIpc) is 4.06. The van der Waals surface area contributed by atoms with Crippen molar-refractivity contribution in [1.29, 1.82) is 0 Å². The number of hydrogen-bond donors (Lipinski definition) is 4. The molecule has 4 fully saturated rings. The molecular formula is C49H59N3O16. The van der Waals surface area contributed by atoms with Crippen molar-refractivity contribution in [2.75, 3.05) is 39.3 Å². The molecule has 19 heteroatoms. The highest BCUT2D eigenvalue weighted by atomic mass is 16.6. The van der Waals surface area contributed by atoms with Gasteiger partial charge < -0.3 is 58.1 Å². The summed E-state index contributed by atoms with van der Waals surface area (Å²) in [5, 5.41) is 40.5. The lowest BCUT2D eigenvalue weighted by molar-refractivity contribution is -0.345. The monoisotopic (exact) mass is 945 g/mol. The van der Waals surface area contributed by atoms with E-state index in [1.165, 1.54) is 67.7 Å². The highest BCUT2D eigenvalue weighted by molar-refractivity contribution is 5.96. The van der Waals surface area contributed by atoms with E-state index in [4.69, 9.17) is 32.5 Å². The van der Waals surface area contributed by atoms with E-state index in [2.05, 4.69) is 17.1 Å². The molecule has 2 saturated heterocycles. The minimum absolute atomic E-state index is 0.0173. The molecule has 8 rings (SSSR count). The van der Waals surface area contributed by atoms with E-state index in [9.17, 15) is 39.3 Å². The highest BCUT2D eigenvalue weighted by Crippen LogP contribution is 2.64. The number of piperazine rings is 1. The zero-order chi connectivity index (χ0) is 48.9. The third kappa shape index (κ3) is 8.20. The summed E-state index contributed by atoms with van der Waals surface area (Å²) in [5.41, 5.74) is -7.88. The second-order valence-corrected chi connectivity index (χ2v) is 19.2. The largest absolute Gasteiger partial charge is 0.467 e. The Labute approximate surface area is 392 Å². The third-order valence-corrected chi connectivity index (χ3v) is 15.0. The van der Waals surface area contributed by atoms with Crippen LogP contribution in [0, 0.1) is 16.7 Å². The Hall–Kier alpha value is -5.86. The van der Waals surface area contributed by atoms with Crippen molar-refractivity contribution in [3.05, 3.63) is 95.4 Å². The van der Waals surface area contributed by atoms with E-state index in [0.29, 0.717) is 13.1 Å². The standard InChI is InChI=1S/C49H59N3O16/c1-7-17-51-18-20-52(21-19-51)45(60)66-38-35-27(2)32(65-44(59)37(55)36(30-15-11-22-62-30)50-42(57)31-16-12-23-63-31)25-49(61,46(35,4)5)41(67-43(58)29-13-9-8-10-14-29)39-47(6,40(38)56)33(54)24-34-48(39,26-64-34)68-28(3)53/h8-16,22-23,32-34,36-39,41,54-55,61H,7,17-21,24-26H2,1-6H3,(H,50,57)/t32-,33-,34+,36+,37+,38+,39?,41?,47+,48-,49+/m0/s1. The molecule has 1 aromatic carbocycles. The molecule has 2 aliphatic heterocycles. The number of ketones is 1. The van der Waals surface area contributed by atoms with Crippen LogP contribution in [0.3, 0.4) is 0 Å². The molecular weight excluding hydrogens is 887 g/mol. The summed E-state index contributed by atoms with van der Waals surface area (Å²) in [6.45, 7) is 11.4. The zero-order valence-corrected chi connectivity index (χ0v) is 38.9. The Morgan fingerprint density at radius 3 is 2.22 bits per heavy atom. The summed E-state index contributed by atoms with van der Waals surface area (Å²) in [7, 11) is 0. The van der Waals surface area contributed by atoms with Crippen molar-refractivity contribution in [3.63, 3.8) is 0 Å². The van der Waals surface area contributed by atoms with Gasteiger partial charge in [0.1, 0.15) is 35.7 Å². The molecule has 0 spiro atoms. The fraction of sp³-hybridized carbons (Fsp3) is 0.551. The van der Waals surface area contributed by atoms with Crippen molar-refractivity contribution in [2.45, 2.75) is 115 Å². The second kappa shape index (κ2) is 18.6. The molecule has 2 saturated carbocycles. The number of nitrogens with one attached hydrogen (secondary N) is 1. The first kappa shape index (κ1) is 48.6. The molecule has 4 N–H and O–H groups in total. The molecule has 68 heavy (non-hydrogen) atoms. The van der Waals surface area contributed by atoms with Crippen molar-refractivity contribution in [2.24, 2.45) is 16.7 Å². The van der Waals surface area contributed by atoms with Crippen molar-refractivity contribution in [3.8, 4) is 0 Å². The number of rotatable bonds is 12. The SMILES string of the molecule is CCCN1CCN(C(=O)O[C@H]2C(=O)[C@@]3(C)C(C(OC(=O)c4ccccc4)[C@]4(O)C[C@H](OC(=O)[C@H](O)[C@H](NC(=O)c5ccco5)c5ccco5)C(C)=C2C4(C)C)[C@]2(OC(C)=O)CO[C@@H]2C[C@@H]3O)CC1. The summed E-state index contributed by atoms with van der Waals surface area (Å²) in [6, 6.07) is 12.1. The molecule has 2 amide bonds. The fourth-order valence-corrected chi connectivity index (χ4v) is 11.2. The number of amides is 2. The Kier molecular flexibility index (Phi) is 13.3. The van der Waals surface area contributed by atoms with Crippen LogP contribution < -0.4 is 5.32 Å². The molecule has 3 aromatic rings. The van der Waals surface area contributed by atoms with Gasteiger partial charge in [-0.3, -0.25) is 19.3 Å². The first-order valence-electron chi connectivity index (χ1n) is 23.0. The molecule has 19 nitrogen and oxygen atoms in total. The quantitative estimate of drug-likeness (QED) is 0.115. The van der Waals surface area contributed by atoms with Crippen LogP contribution >= 0.6 is 0 Å². The number of carbonyl (C=O) groups excluding carboxylic acids is 6. The maximum atomic E-state index is 16.0. The first-order chi connectivity index (χ1) is 32.3. The lowest BCUT2D eigenvalue weighted by atomic mass is 9.44. The lowest BCUT2D eigenvalue weighted by Crippen LogP contribution is -2.82. The first-order valence-corrected chi connectivity index (χ1v) is 23.0. The van der Waals surface area contributed by atoms with Crippen LogP contribution in [-0.4, -0.2) is 148 Å². The van der Waals surface area contributed by atoms with Gasteiger partial charge in [0.2, 0.25) is 0 Å². The number of Topliss-reactive ketones (excluding diaryl/α,β-unsaturated/α-hetero) is 1. The smallest absolute Gasteiger partial charge is 0.410 e. The number of benzene rings is 1. The second-order valence-electron chi connectivity index (χ2n) is 19.2. The van der Waals surface area contributed by atoms with Crippen LogP contribution in [-0.2, 0) is 38.1 Å². The van der Waals surface area contributed by atoms with Crippen LogP contribution in [0.5, 0.6) is 0 Å². The van der Waals surface area contributed by atoms with Gasteiger partial charge in [0.05, 0.1) is 42.1 Å². The predicted octanol–water partition coefficient (Wildman–Crippen LogP) is 3.52. The molecule has 5 aliphatic rings. The number of furan rings is 2. The van der Waals surface area contributed by atoms with E-state index in [1.807, 2.05) is 0 Å². The highest BCUT2D eigenvalue weighted by Gasteiger charge is 2.78. The van der Waals surface area contributed by atoms with Gasteiger partial charge in [0, 0.05) is 51.4 Å². The number of hydrogen-bond acceptors (Lipinski definition) is 17. The van der Waals surface area contributed by atoms with Crippen LogP contribution in [0.1, 0.15) is 93.5 Å². The van der Waals surface area contributed by atoms with Crippen molar-refractivity contribution < 1.29 is 76.6 Å². The van der Waals surface area contributed by atoms with Crippen LogP contribution in [0.2, 0.25) is 0 Å². The molecule has 2 aromatic heterocycles. The number of ether oxygens (including phenoxy) is 5. The fourth-order valence-electron chi connectivity index (χ4n) is 11.2. The number of aliphatic hydroxyl groups is 3. The summed E-state index contributed by atoms with van der Waals surface area (Å²) < 4.78 is 41.8. The minimum Gasteiger partial charge on any atom is -0.467 e. The van der Waals surface area contributed by atoms with Gasteiger partial charge in [-0.25, -0.2) is 14.4 Å². The van der Waals surface area contributed by atoms with Crippen LogP contribution in [0.4, 0.5) is 4.79 Å². The molecule has 2 unspecified atom stereocenters. The third-order valence-electron chi connectivity index (χ3n) is 15.0. The molecule has 366 valence electrons. The normalized spacial score (nSPS) is 31.9. The van der Waals surface area contributed by atoms with Gasteiger partial charge in [-0.15, -0.1) is 0 Å². The van der Waals surface area contributed by atoms with E-state index < -0.39 is 113 Å². The van der Waals surface area contributed by atoms with Gasteiger partial charge in [-0.05, 0) is 74.4 Å². The van der Waals surface area contributed by atoms with Gasteiger partial charge in [-0.2, -0.15) is 0 Å². The maximum absolute atomic E-state index is 16.0. The number of aliphatic hydroxyl groups excluding tert-OH is 2. The van der Waals surface area contributed by atoms with E-state index in [0.717, 1.165) is 19.9 Å². The van der Waals surface area contributed by atoms with Gasteiger partial charge in [-0.1, -0.05) is 39.0 Å². The Balaban J connectivity index is 1.28. The Morgan fingerprint density at radius 2 is 1.62 bits per heavy atom. The van der Waals surface area contributed by atoms with E-state index in [1.54, 1.807) is 32.0 Å². The molecule has 11 atom stereocenters. The molecule has 2 bridgehead atoms. The van der Waals surface area contributed by atoms with Crippen molar-refractivity contribution in [1.82, 2.24) is 15.1 Å². The summed E-state index contributed by atoms with van der Waals surface area (Å²) in [5.74, 6) is -6.45. The zero-order valence-electron chi connectivity index (χ0n) is 38.9. The van der Waals surface area contributed by atoms with E-state index in [-0.39, 0.29) is 54.3 Å². The average molecular weight is 946 g/mol. The van der Waals surface area contributed by atoms with Gasteiger partial charge in [0.25, 0.3) is 5.91 Å². The Bertz CT molecular complexity index is 2410. The van der Waals surface area contributed by atoms with Gasteiger partial charge in [0.15, 0.2) is 29.4 Å². The molecule has 0 radical (unpaired) electrons. The summed E-state index contributed by atoms with van der Waals surface area (Å²) in [4.78, 5) is 89.4. The maximum Gasteiger partial charge on any atom is 0.410 e. The summed E-state index contributed by atoms with van der Waals surface area (Å²) >= 11 is 0.